The summed E-state index contributed by atoms with van der Waals surface area (Å²) in [6, 6.07) is 9.06. The van der Waals surface area contributed by atoms with Crippen LogP contribution >= 0.6 is 0 Å². The van der Waals surface area contributed by atoms with E-state index in [2.05, 4.69) is 10.3 Å². The van der Waals surface area contributed by atoms with Crippen molar-refractivity contribution in [2.75, 3.05) is 5.73 Å². The van der Waals surface area contributed by atoms with E-state index in [0.717, 1.165) is 5.56 Å². The second-order valence-electron chi connectivity index (χ2n) is 4.34. The molecule has 2 rings (SSSR count). The van der Waals surface area contributed by atoms with Gasteiger partial charge in [0.15, 0.2) is 0 Å². The van der Waals surface area contributed by atoms with Crippen molar-refractivity contribution in [3.63, 3.8) is 0 Å². The van der Waals surface area contributed by atoms with Crippen LogP contribution in [0.5, 0.6) is 0 Å². The number of amides is 1. The number of primary sulfonamides is 1. The molecule has 0 aliphatic heterocycles. The van der Waals surface area contributed by atoms with E-state index in [4.69, 9.17) is 10.9 Å². The Kier molecular flexibility index (Phi) is 4.20. The van der Waals surface area contributed by atoms with Gasteiger partial charge in [-0.3, -0.25) is 4.79 Å². The summed E-state index contributed by atoms with van der Waals surface area (Å²) in [4.78, 5) is 15.7. The average Bonchev–Trinajstić information content (AvgIpc) is 2.45. The molecular weight excluding hydrogens is 292 g/mol. The molecule has 0 aliphatic carbocycles. The number of hydrogen-bond acceptors (Lipinski definition) is 5. The van der Waals surface area contributed by atoms with Gasteiger partial charge in [0.1, 0.15) is 5.82 Å². The predicted octanol–water partition coefficient (Wildman–Crippen LogP) is 0.241. The summed E-state index contributed by atoms with van der Waals surface area (Å²) in [5.41, 5.74) is 6.58. The summed E-state index contributed by atoms with van der Waals surface area (Å²) in [5, 5.41) is 7.69. The van der Waals surface area contributed by atoms with E-state index in [-0.39, 0.29) is 17.3 Å². The molecule has 0 spiro atoms. The molecule has 1 aromatic carbocycles. The SMILES string of the molecule is Nc1ccc(C(=O)NCc2ccc(S(N)(=O)=O)cc2)cn1. The fourth-order valence-electron chi connectivity index (χ4n) is 1.62. The maximum absolute atomic E-state index is 11.8. The molecule has 1 aromatic heterocycles. The molecule has 0 atom stereocenters. The first-order chi connectivity index (χ1) is 9.86. The number of aromatic nitrogens is 1. The number of anilines is 1. The van der Waals surface area contributed by atoms with Crippen molar-refractivity contribution in [3.05, 3.63) is 53.7 Å². The summed E-state index contributed by atoms with van der Waals surface area (Å²) in [6.07, 6.45) is 1.38. The highest BCUT2D eigenvalue weighted by Gasteiger charge is 2.08. The van der Waals surface area contributed by atoms with Crippen LogP contribution in [0.4, 0.5) is 5.82 Å². The number of rotatable bonds is 4. The fourth-order valence-corrected chi connectivity index (χ4v) is 2.14. The van der Waals surface area contributed by atoms with Crippen molar-refractivity contribution >= 4 is 21.7 Å². The third-order valence-electron chi connectivity index (χ3n) is 2.75. The highest BCUT2D eigenvalue weighted by molar-refractivity contribution is 7.89. The van der Waals surface area contributed by atoms with Crippen LogP contribution in [0.2, 0.25) is 0 Å². The molecule has 0 bridgehead atoms. The van der Waals surface area contributed by atoms with Crippen molar-refractivity contribution in [3.8, 4) is 0 Å². The highest BCUT2D eigenvalue weighted by atomic mass is 32.2. The van der Waals surface area contributed by atoms with E-state index in [1.807, 2.05) is 0 Å². The second-order valence-corrected chi connectivity index (χ2v) is 5.90. The van der Waals surface area contributed by atoms with E-state index in [9.17, 15) is 13.2 Å². The number of carbonyl (C=O) groups excluding carboxylic acids is 1. The monoisotopic (exact) mass is 306 g/mol. The van der Waals surface area contributed by atoms with Crippen LogP contribution in [0.15, 0.2) is 47.5 Å². The zero-order valence-corrected chi connectivity index (χ0v) is 11.8. The van der Waals surface area contributed by atoms with Crippen LogP contribution in [0.25, 0.3) is 0 Å². The Morgan fingerprint density at radius 3 is 2.33 bits per heavy atom. The number of pyridine rings is 1. The van der Waals surface area contributed by atoms with E-state index < -0.39 is 10.0 Å². The van der Waals surface area contributed by atoms with Crippen LogP contribution in [0, 0.1) is 0 Å². The Labute approximate surface area is 122 Å². The number of nitrogens with two attached hydrogens (primary N) is 2. The van der Waals surface area contributed by atoms with E-state index >= 15 is 0 Å². The summed E-state index contributed by atoms with van der Waals surface area (Å²) in [6.45, 7) is 0.258. The first kappa shape index (κ1) is 14.9. The lowest BCUT2D eigenvalue weighted by atomic mass is 10.2. The molecule has 1 heterocycles. The smallest absolute Gasteiger partial charge is 0.253 e. The number of nitrogens with zero attached hydrogens (tertiary/aromatic N) is 1. The van der Waals surface area contributed by atoms with Gasteiger partial charge in [0.05, 0.1) is 10.5 Å². The van der Waals surface area contributed by atoms with Gasteiger partial charge in [-0.2, -0.15) is 0 Å². The summed E-state index contributed by atoms with van der Waals surface area (Å²) in [7, 11) is -3.71. The van der Waals surface area contributed by atoms with Crippen molar-refractivity contribution < 1.29 is 13.2 Å². The van der Waals surface area contributed by atoms with E-state index in [1.165, 1.54) is 24.4 Å². The molecule has 0 unspecified atom stereocenters. The van der Waals surface area contributed by atoms with Gasteiger partial charge in [-0.1, -0.05) is 12.1 Å². The van der Waals surface area contributed by atoms with Gasteiger partial charge in [0, 0.05) is 12.7 Å². The number of nitrogens with one attached hydrogen (secondary N) is 1. The normalized spacial score (nSPS) is 11.1. The molecule has 1 amide bonds. The molecule has 5 N–H and O–H groups in total. The lowest BCUT2D eigenvalue weighted by Gasteiger charge is -2.06. The van der Waals surface area contributed by atoms with Gasteiger partial charge in [-0.25, -0.2) is 18.5 Å². The molecule has 2 aromatic rings. The maximum Gasteiger partial charge on any atom is 0.253 e. The molecule has 21 heavy (non-hydrogen) atoms. The predicted molar refractivity (Wildman–Crippen MR) is 77.6 cm³/mol. The Bertz CT molecular complexity index is 740. The number of hydrogen-bond donors (Lipinski definition) is 3. The summed E-state index contributed by atoms with van der Waals surface area (Å²) in [5.74, 6) is 0.0446. The van der Waals surface area contributed by atoms with Gasteiger partial charge in [0.2, 0.25) is 10.0 Å². The van der Waals surface area contributed by atoms with Crippen molar-refractivity contribution in [1.29, 1.82) is 0 Å². The third kappa shape index (κ3) is 4.01. The quantitative estimate of drug-likeness (QED) is 0.745. The first-order valence-corrected chi connectivity index (χ1v) is 7.52. The summed E-state index contributed by atoms with van der Waals surface area (Å²) < 4.78 is 22.2. The molecule has 0 fully saturated rings. The molecule has 8 heteroatoms. The van der Waals surface area contributed by atoms with Gasteiger partial charge in [-0.15, -0.1) is 0 Å². The number of sulfonamides is 1. The van der Waals surface area contributed by atoms with Gasteiger partial charge in [-0.05, 0) is 29.8 Å². The summed E-state index contributed by atoms with van der Waals surface area (Å²) >= 11 is 0. The first-order valence-electron chi connectivity index (χ1n) is 5.98. The molecule has 0 radical (unpaired) electrons. The zero-order chi connectivity index (χ0) is 15.5. The van der Waals surface area contributed by atoms with Crippen LogP contribution < -0.4 is 16.2 Å². The Morgan fingerprint density at radius 2 is 1.81 bits per heavy atom. The van der Waals surface area contributed by atoms with Crippen LogP contribution in [-0.2, 0) is 16.6 Å². The average molecular weight is 306 g/mol. The van der Waals surface area contributed by atoms with Crippen molar-refractivity contribution in [2.45, 2.75) is 11.4 Å². The van der Waals surface area contributed by atoms with Crippen molar-refractivity contribution in [1.82, 2.24) is 10.3 Å². The lowest BCUT2D eigenvalue weighted by Crippen LogP contribution is -2.23. The van der Waals surface area contributed by atoms with E-state index in [1.54, 1.807) is 18.2 Å². The third-order valence-corrected chi connectivity index (χ3v) is 3.68. The van der Waals surface area contributed by atoms with Crippen LogP contribution in [0.1, 0.15) is 15.9 Å². The number of nitrogen functional groups attached to an aromatic ring is 1. The second kappa shape index (κ2) is 5.90. The molecule has 0 saturated carbocycles. The fraction of sp³-hybridized carbons (Fsp3) is 0.0769. The molecule has 7 nitrogen and oxygen atoms in total. The standard InChI is InChI=1S/C13H14N4O3S/c14-12-6-3-10(8-16-12)13(18)17-7-9-1-4-11(5-2-9)21(15,19)20/h1-6,8H,7H2,(H2,14,16)(H,17,18)(H2,15,19,20). The zero-order valence-electron chi connectivity index (χ0n) is 11.0. The minimum Gasteiger partial charge on any atom is -0.384 e. The highest BCUT2D eigenvalue weighted by Crippen LogP contribution is 2.09. The van der Waals surface area contributed by atoms with Crippen molar-refractivity contribution in [2.24, 2.45) is 5.14 Å². The van der Waals surface area contributed by atoms with Gasteiger partial charge < -0.3 is 11.1 Å². The lowest BCUT2D eigenvalue weighted by molar-refractivity contribution is 0.0950. The van der Waals surface area contributed by atoms with Gasteiger partial charge >= 0.3 is 0 Å². The molecule has 0 saturated heterocycles. The molecule has 0 aliphatic rings. The number of benzene rings is 1. The van der Waals surface area contributed by atoms with E-state index in [0.29, 0.717) is 11.4 Å². The molecule has 110 valence electrons. The maximum atomic E-state index is 11.8. The number of carbonyl (C=O) groups is 1. The minimum absolute atomic E-state index is 0.0281. The van der Waals surface area contributed by atoms with Crippen LogP contribution in [0.3, 0.4) is 0 Å². The largest absolute Gasteiger partial charge is 0.384 e. The van der Waals surface area contributed by atoms with Crippen LogP contribution in [-0.4, -0.2) is 19.3 Å². The minimum atomic E-state index is -3.71. The Morgan fingerprint density at radius 1 is 1.14 bits per heavy atom. The van der Waals surface area contributed by atoms with Gasteiger partial charge in [0.25, 0.3) is 5.91 Å². The Balaban J connectivity index is 2.00. The molecular formula is C13H14N4O3S. The Hall–Kier alpha value is -2.45. The topological polar surface area (TPSA) is 128 Å².